The predicted molar refractivity (Wildman–Crippen MR) is 66.6 cm³/mol. The molecule has 82 valence electrons. The van der Waals surface area contributed by atoms with Crippen molar-refractivity contribution in [1.29, 1.82) is 0 Å². The van der Waals surface area contributed by atoms with Gasteiger partial charge >= 0.3 is 0 Å². The molecular formula is C10H9N3OS2. The molecule has 16 heavy (non-hydrogen) atoms. The summed E-state index contributed by atoms with van der Waals surface area (Å²) >= 11 is 6.22. The molecule has 1 aromatic heterocycles. The van der Waals surface area contributed by atoms with Gasteiger partial charge in [0.25, 0.3) is 0 Å². The number of carbonyl (C=O) groups excluding carboxylic acids is 1. The van der Waals surface area contributed by atoms with Gasteiger partial charge in [0.1, 0.15) is 0 Å². The molecule has 1 amide bonds. The van der Waals surface area contributed by atoms with Crippen molar-refractivity contribution in [3.8, 4) is 0 Å². The number of hydrogen-bond acceptors (Lipinski definition) is 4. The third-order valence-corrected chi connectivity index (χ3v) is 3.02. The monoisotopic (exact) mass is 251 g/mol. The van der Waals surface area contributed by atoms with Crippen molar-refractivity contribution in [2.24, 2.45) is 0 Å². The van der Waals surface area contributed by atoms with Crippen LogP contribution in [0.3, 0.4) is 0 Å². The second kappa shape index (κ2) is 4.54. The van der Waals surface area contributed by atoms with Gasteiger partial charge in [0, 0.05) is 6.92 Å². The molecule has 4 nitrogen and oxygen atoms in total. The zero-order valence-electron chi connectivity index (χ0n) is 8.51. The topological polar surface area (TPSA) is 49.0 Å². The van der Waals surface area contributed by atoms with Crippen LogP contribution in [0.25, 0.3) is 0 Å². The van der Waals surface area contributed by atoms with E-state index in [2.05, 4.69) is 10.2 Å². The van der Waals surface area contributed by atoms with E-state index in [4.69, 9.17) is 12.2 Å². The summed E-state index contributed by atoms with van der Waals surface area (Å²) in [7, 11) is 0. The van der Waals surface area contributed by atoms with Crippen LogP contribution in [0.15, 0.2) is 30.3 Å². The van der Waals surface area contributed by atoms with Crippen LogP contribution in [-0.2, 0) is 4.79 Å². The van der Waals surface area contributed by atoms with Gasteiger partial charge in [-0.3, -0.25) is 14.8 Å². The average Bonchev–Trinajstić information content (AvgIpc) is 2.66. The number of anilines is 2. The first-order valence-electron chi connectivity index (χ1n) is 4.60. The fourth-order valence-corrected chi connectivity index (χ4v) is 2.26. The van der Waals surface area contributed by atoms with Crippen molar-refractivity contribution < 1.29 is 4.79 Å². The van der Waals surface area contributed by atoms with Gasteiger partial charge in [0.2, 0.25) is 11.0 Å². The van der Waals surface area contributed by atoms with Crippen molar-refractivity contribution in [1.82, 2.24) is 10.2 Å². The molecule has 0 bridgehead atoms. The number of aromatic nitrogens is 2. The Kier molecular flexibility index (Phi) is 3.12. The minimum absolute atomic E-state index is 0.0936. The molecule has 1 heterocycles. The second-order valence-electron chi connectivity index (χ2n) is 3.09. The first-order valence-corrected chi connectivity index (χ1v) is 5.82. The van der Waals surface area contributed by atoms with E-state index in [1.807, 2.05) is 30.3 Å². The molecule has 0 saturated carbocycles. The van der Waals surface area contributed by atoms with Gasteiger partial charge in [-0.05, 0) is 24.4 Å². The number of nitrogens with one attached hydrogen (secondary N) is 1. The van der Waals surface area contributed by atoms with Gasteiger partial charge in [-0.15, -0.1) is 5.10 Å². The van der Waals surface area contributed by atoms with E-state index in [0.717, 1.165) is 5.69 Å². The Balaban J connectivity index is 2.47. The summed E-state index contributed by atoms with van der Waals surface area (Å²) in [6.45, 7) is 1.50. The fraction of sp³-hybridized carbons (Fsp3) is 0.100. The summed E-state index contributed by atoms with van der Waals surface area (Å²) in [6.07, 6.45) is 0. The van der Waals surface area contributed by atoms with Crippen LogP contribution in [0.2, 0.25) is 0 Å². The Bertz CT molecular complexity index is 546. The van der Waals surface area contributed by atoms with Crippen LogP contribution in [0, 0.1) is 3.95 Å². The first kappa shape index (κ1) is 11.0. The molecule has 0 fully saturated rings. The van der Waals surface area contributed by atoms with Gasteiger partial charge in [0.05, 0.1) is 5.69 Å². The molecule has 2 rings (SSSR count). The Labute approximate surface area is 102 Å². The van der Waals surface area contributed by atoms with Crippen molar-refractivity contribution >= 4 is 40.3 Å². The van der Waals surface area contributed by atoms with Crippen LogP contribution in [0.1, 0.15) is 6.92 Å². The highest BCUT2D eigenvalue weighted by Crippen LogP contribution is 2.26. The molecular weight excluding hydrogens is 242 g/mol. The zero-order chi connectivity index (χ0) is 11.5. The van der Waals surface area contributed by atoms with E-state index in [1.54, 1.807) is 0 Å². The highest BCUT2D eigenvalue weighted by Gasteiger charge is 2.16. The third-order valence-electron chi connectivity index (χ3n) is 1.95. The summed E-state index contributed by atoms with van der Waals surface area (Å²) in [5.74, 6) is -0.0936. The predicted octanol–water partition coefficient (Wildman–Crippen LogP) is 2.89. The lowest BCUT2D eigenvalue weighted by atomic mass is 10.3. The SMILES string of the molecule is CC(=O)N(c1ccccc1)c1n[nH]c(=S)s1. The fourth-order valence-electron chi connectivity index (χ4n) is 1.32. The van der Waals surface area contributed by atoms with Crippen LogP contribution in [0.5, 0.6) is 0 Å². The van der Waals surface area contributed by atoms with Crippen LogP contribution in [0.4, 0.5) is 10.8 Å². The average molecular weight is 251 g/mol. The lowest BCUT2D eigenvalue weighted by Gasteiger charge is -2.16. The Hall–Kier alpha value is -1.53. The first-order chi connectivity index (χ1) is 7.68. The molecule has 0 radical (unpaired) electrons. The van der Waals surface area contributed by atoms with E-state index in [0.29, 0.717) is 9.09 Å². The minimum Gasteiger partial charge on any atom is -0.274 e. The quantitative estimate of drug-likeness (QED) is 0.835. The van der Waals surface area contributed by atoms with Crippen molar-refractivity contribution in [3.05, 3.63) is 34.3 Å². The van der Waals surface area contributed by atoms with E-state index in [-0.39, 0.29) is 5.91 Å². The lowest BCUT2D eigenvalue weighted by Crippen LogP contribution is -2.22. The maximum absolute atomic E-state index is 11.6. The van der Waals surface area contributed by atoms with Crippen molar-refractivity contribution in [2.75, 3.05) is 4.90 Å². The molecule has 6 heteroatoms. The minimum atomic E-state index is -0.0936. The number of amides is 1. The summed E-state index contributed by atoms with van der Waals surface area (Å²) < 4.78 is 0.553. The van der Waals surface area contributed by atoms with Gasteiger partial charge in [0.15, 0.2) is 3.95 Å². The third kappa shape index (κ3) is 2.17. The summed E-state index contributed by atoms with van der Waals surface area (Å²) in [4.78, 5) is 13.1. The second-order valence-corrected chi connectivity index (χ2v) is 4.73. The van der Waals surface area contributed by atoms with Gasteiger partial charge in [-0.2, -0.15) is 0 Å². The maximum Gasteiger partial charge on any atom is 0.230 e. The number of carbonyl (C=O) groups is 1. The molecule has 0 aliphatic heterocycles. The smallest absolute Gasteiger partial charge is 0.230 e. The summed E-state index contributed by atoms with van der Waals surface area (Å²) in [5, 5.41) is 7.23. The Morgan fingerprint density at radius 2 is 2.12 bits per heavy atom. The highest BCUT2D eigenvalue weighted by atomic mass is 32.1. The van der Waals surface area contributed by atoms with Crippen LogP contribution >= 0.6 is 23.6 Å². The Morgan fingerprint density at radius 1 is 1.44 bits per heavy atom. The van der Waals surface area contributed by atoms with Gasteiger partial charge in [-0.25, -0.2) is 0 Å². The maximum atomic E-state index is 11.6. The molecule has 0 unspecified atom stereocenters. The molecule has 0 atom stereocenters. The van der Waals surface area contributed by atoms with Crippen molar-refractivity contribution in [3.63, 3.8) is 0 Å². The number of para-hydroxylation sites is 1. The van der Waals surface area contributed by atoms with Gasteiger partial charge < -0.3 is 0 Å². The van der Waals surface area contributed by atoms with E-state index < -0.39 is 0 Å². The number of nitrogens with zero attached hydrogens (tertiary/aromatic N) is 2. The summed E-state index contributed by atoms with van der Waals surface area (Å²) in [5.41, 5.74) is 0.785. The lowest BCUT2D eigenvalue weighted by molar-refractivity contribution is -0.115. The molecule has 2 aromatic rings. The number of rotatable bonds is 2. The Morgan fingerprint density at radius 3 is 2.62 bits per heavy atom. The molecule has 0 aliphatic carbocycles. The van der Waals surface area contributed by atoms with Crippen LogP contribution in [-0.4, -0.2) is 16.1 Å². The normalized spacial score (nSPS) is 10.1. The number of hydrogen-bond donors (Lipinski definition) is 1. The molecule has 1 N–H and O–H groups in total. The zero-order valence-corrected chi connectivity index (χ0v) is 10.1. The van der Waals surface area contributed by atoms with E-state index >= 15 is 0 Å². The summed E-state index contributed by atoms with van der Waals surface area (Å²) in [6, 6.07) is 9.35. The molecule has 0 aliphatic rings. The van der Waals surface area contributed by atoms with Crippen LogP contribution < -0.4 is 4.90 Å². The standard InChI is InChI=1S/C10H9N3OS2/c1-7(14)13(8-5-3-2-4-6-8)9-11-12-10(15)16-9/h2-6H,1H3,(H,12,15). The molecule has 0 saturated heterocycles. The van der Waals surface area contributed by atoms with Crippen molar-refractivity contribution in [2.45, 2.75) is 6.92 Å². The van der Waals surface area contributed by atoms with Gasteiger partial charge in [-0.1, -0.05) is 29.5 Å². The highest BCUT2D eigenvalue weighted by molar-refractivity contribution is 7.73. The number of H-pyrrole nitrogens is 1. The number of benzene rings is 1. The largest absolute Gasteiger partial charge is 0.274 e. The van der Waals surface area contributed by atoms with E-state index in [1.165, 1.54) is 23.2 Å². The number of aromatic amines is 1. The molecule has 0 spiro atoms. The van der Waals surface area contributed by atoms with E-state index in [9.17, 15) is 4.79 Å². The molecule has 1 aromatic carbocycles.